The summed E-state index contributed by atoms with van der Waals surface area (Å²) in [5.41, 5.74) is 0. The van der Waals surface area contributed by atoms with E-state index >= 15 is 0 Å². The van der Waals surface area contributed by atoms with Crippen LogP contribution in [0.3, 0.4) is 0 Å². The molecule has 0 aromatic rings. The number of hydrogen-bond acceptors (Lipinski definition) is 3. The highest BCUT2D eigenvalue weighted by atomic mass is 16.5. The summed E-state index contributed by atoms with van der Waals surface area (Å²) in [7, 11) is 0. The van der Waals surface area contributed by atoms with Gasteiger partial charge in [0.05, 0.1) is 12.2 Å². The van der Waals surface area contributed by atoms with Crippen molar-refractivity contribution < 1.29 is 19.4 Å². The van der Waals surface area contributed by atoms with Crippen LogP contribution in [0.25, 0.3) is 0 Å². The van der Waals surface area contributed by atoms with Crippen LogP contribution >= 0.6 is 0 Å². The zero-order valence-electron chi connectivity index (χ0n) is 7.11. The Morgan fingerprint density at radius 2 is 2.17 bits per heavy atom. The average Bonchev–Trinajstić information content (AvgIpc) is 1.82. The zero-order chi connectivity index (χ0) is 9.30. The Bertz CT molecular complexity index is 211. The minimum atomic E-state index is -1.08. The summed E-state index contributed by atoms with van der Waals surface area (Å²) in [6, 6.07) is 0. The van der Waals surface area contributed by atoms with Gasteiger partial charge in [-0.15, -0.1) is 0 Å². The van der Waals surface area contributed by atoms with Gasteiger partial charge in [-0.2, -0.15) is 0 Å². The van der Waals surface area contributed by atoms with Crippen LogP contribution < -0.4 is 0 Å². The van der Waals surface area contributed by atoms with Crippen LogP contribution in [0.5, 0.6) is 0 Å². The molecular weight excluding hydrogens is 160 g/mol. The predicted molar refractivity (Wildman–Crippen MR) is 40.8 cm³/mol. The van der Waals surface area contributed by atoms with Crippen LogP contribution in [0, 0.1) is 5.92 Å². The van der Waals surface area contributed by atoms with Gasteiger partial charge in [-0.05, 0) is 13.8 Å². The Kier molecular flexibility index (Phi) is 2.47. The van der Waals surface area contributed by atoms with Crippen molar-refractivity contribution >= 4 is 11.8 Å². The molecule has 0 aromatic heterocycles. The molecule has 0 spiro atoms. The fraction of sp³-hybridized carbons (Fsp3) is 0.750. The third-order valence-corrected chi connectivity index (χ3v) is 2.02. The maximum atomic E-state index is 11.2. The van der Waals surface area contributed by atoms with E-state index < -0.39 is 18.0 Å². The van der Waals surface area contributed by atoms with Crippen molar-refractivity contribution in [1.29, 1.82) is 0 Å². The van der Waals surface area contributed by atoms with E-state index in [-0.39, 0.29) is 18.3 Å². The van der Waals surface area contributed by atoms with Crippen molar-refractivity contribution in [3.63, 3.8) is 0 Å². The molecule has 0 amide bonds. The topological polar surface area (TPSA) is 63.6 Å². The fourth-order valence-corrected chi connectivity index (χ4v) is 1.50. The Labute approximate surface area is 70.5 Å². The first-order valence-electron chi connectivity index (χ1n) is 3.93. The third-order valence-electron chi connectivity index (χ3n) is 2.02. The van der Waals surface area contributed by atoms with Gasteiger partial charge in [-0.3, -0.25) is 9.59 Å². The van der Waals surface area contributed by atoms with E-state index in [9.17, 15) is 9.59 Å². The van der Waals surface area contributed by atoms with E-state index in [0.29, 0.717) is 0 Å². The van der Waals surface area contributed by atoms with E-state index in [2.05, 4.69) is 0 Å². The number of rotatable bonds is 1. The maximum Gasteiger partial charge on any atom is 0.316 e. The van der Waals surface area contributed by atoms with E-state index in [4.69, 9.17) is 9.84 Å². The highest BCUT2D eigenvalue weighted by molar-refractivity contribution is 5.99. The van der Waals surface area contributed by atoms with E-state index in [1.54, 1.807) is 13.8 Å². The molecule has 0 aliphatic carbocycles. The Balaban J connectivity index is 2.73. The number of ether oxygens (including phenoxy) is 1. The summed E-state index contributed by atoms with van der Waals surface area (Å²) >= 11 is 0. The molecule has 0 bridgehead atoms. The number of carboxylic acid groups (broad SMARTS) is 1. The number of hydrogen-bond donors (Lipinski definition) is 1. The first-order valence-corrected chi connectivity index (χ1v) is 3.93. The monoisotopic (exact) mass is 172 g/mol. The lowest BCUT2D eigenvalue weighted by Crippen LogP contribution is -2.43. The standard InChI is InChI=1S/C8H12O4/c1-4-3-6(9)7(8(10)11)5(2)12-4/h4-5,7H,3H2,1-2H3,(H,10,11). The second-order valence-electron chi connectivity index (χ2n) is 3.14. The maximum absolute atomic E-state index is 11.2. The normalized spacial score (nSPS) is 36.5. The molecule has 0 radical (unpaired) electrons. The number of aliphatic carboxylic acids is 1. The molecule has 68 valence electrons. The zero-order valence-corrected chi connectivity index (χ0v) is 7.11. The first kappa shape index (κ1) is 9.19. The van der Waals surface area contributed by atoms with Crippen molar-refractivity contribution in [3.8, 4) is 0 Å². The number of Topliss-reactive ketones (excluding diaryl/α,β-unsaturated/α-hetero) is 1. The van der Waals surface area contributed by atoms with Crippen molar-refractivity contribution in [2.75, 3.05) is 0 Å². The Hall–Kier alpha value is -0.900. The van der Waals surface area contributed by atoms with E-state index in [0.717, 1.165) is 0 Å². The van der Waals surface area contributed by atoms with E-state index in [1.807, 2.05) is 0 Å². The molecular formula is C8H12O4. The summed E-state index contributed by atoms with van der Waals surface area (Å²) < 4.78 is 5.23. The minimum Gasteiger partial charge on any atom is -0.481 e. The van der Waals surface area contributed by atoms with Gasteiger partial charge in [0.1, 0.15) is 5.92 Å². The molecule has 12 heavy (non-hydrogen) atoms. The minimum absolute atomic E-state index is 0.150. The van der Waals surface area contributed by atoms with E-state index in [1.165, 1.54) is 0 Å². The lowest BCUT2D eigenvalue weighted by Gasteiger charge is -2.29. The SMILES string of the molecule is CC1CC(=O)C(C(=O)O)C(C)O1. The van der Waals surface area contributed by atoms with Crippen molar-refractivity contribution in [3.05, 3.63) is 0 Å². The molecule has 1 saturated heterocycles. The van der Waals surface area contributed by atoms with Gasteiger partial charge in [0.25, 0.3) is 0 Å². The summed E-state index contributed by atoms with van der Waals surface area (Å²) in [5.74, 6) is -2.28. The molecule has 1 aliphatic heterocycles. The van der Waals surface area contributed by atoms with Crippen molar-refractivity contribution in [1.82, 2.24) is 0 Å². The Morgan fingerprint density at radius 3 is 2.58 bits per heavy atom. The second kappa shape index (κ2) is 3.23. The third kappa shape index (κ3) is 1.64. The van der Waals surface area contributed by atoms with Gasteiger partial charge in [0.2, 0.25) is 0 Å². The Morgan fingerprint density at radius 1 is 1.58 bits per heavy atom. The van der Waals surface area contributed by atoms with Crippen LogP contribution in [-0.2, 0) is 14.3 Å². The molecule has 1 fully saturated rings. The molecule has 1 aliphatic rings. The van der Waals surface area contributed by atoms with Crippen LogP contribution in [0.1, 0.15) is 20.3 Å². The number of carbonyl (C=O) groups is 2. The highest BCUT2D eigenvalue weighted by Crippen LogP contribution is 2.21. The van der Waals surface area contributed by atoms with Crippen molar-refractivity contribution in [2.45, 2.75) is 32.5 Å². The smallest absolute Gasteiger partial charge is 0.316 e. The summed E-state index contributed by atoms with van der Waals surface area (Å²) in [6.45, 7) is 3.39. The highest BCUT2D eigenvalue weighted by Gasteiger charge is 2.38. The fourth-order valence-electron chi connectivity index (χ4n) is 1.50. The molecule has 1 rings (SSSR count). The molecule has 1 heterocycles. The largest absolute Gasteiger partial charge is 0.481 e. The average molecular weight is 172 g/mol. The summed E-state index contributed by atoms with van der Waals surface area (Å²) in [4.78, 5) is 21.8. The van der Waals surface area contributed by atoms with Gasteiger partial charge in [-0.25, -0.2) is 0 Å². The lowest BCUT2D eigenvalue weighted by molar-refractivity contribution is -0.161. The predicted octanol–water partition coefficient (Wildman–Crippen LogP) is 0.454. The molecule has 0 aromatic carbocycles. The molecule has 1 N–H and O–H groups in total. The van der Waals surface area contributed by atoms with Crippen LogP contribution in [0.2, 0.25) is 0 Å². The number of carboxylic acids is 1. The van der Waals surface area contributed by atoms with Crippen LogP contribution in [0.15, 0.2) is 0 Å². The van der Waals surface area contributed by atoms with Gasteiger partial charge in [0.15, 0.2) is 5.78 Å². The summed E-state index contributed by atoms with van der Waals surface area (Å²) in [6.07, 6.45) is -0.441. The molecule has 4 heteroatoms. The van der Waals surface area contributed by atoms with Gasteiger partial charge < -0.3 is 9.84 Å². The molecule has 0 saturated carbocycles. The molecule has 3 atom stereocenters. The van der Waals surface area contributed by atoms with Crippen LogP contribution in [-0.4, -0.2) is 29.1 Å². The van der Waals surface area contributed by atoms with Gasteiger partial charge >= 0.3 is 5.97 Å². The first-order chi connectivity index (χ1) is 5.52. The van der Waals surface area contributed by atoms with Gasteiger partial charge in [0, 0.05) is 6.42 Å². The van der Waals surface area contributed by atoms with Crippen LogP contribution in [0.4, 0.5) is 0 Å². The number of carbonyl (C=O) groups excluding carboxylic acids is 1. The van der Waals surface area contributed by atoms with Crippen molar-refractivity contribution in [2.24, 2.45) is 5.92 Å². The second-order valence-corrected chi connectivity index (χ2v) is 3.14. The van der Waals surface area contributed by atoms with Gasteiger partial charge in [-0.1, -0.05) is 0 Å². The quantitative estimate of drug-likeness (QED) is 0.583. The molecule has 4 nitrogen and oxygen atoms in total. The summed E-state index contributed by atoms with van der Waals surface area (Å²) in [5, 5.41) is 8.66. The molecule has 3 unspecified atom stereocenters. The number of ketones is 1. The lowest BCUT2D eigenvalue weighted by atomic mass is 9.91.